The van der Waals surface area contributed by atoms with Crippen molar-refractivity contribution in [2.45, 2.75) is 84.9 Å². The molecule has 2 saturated heterocycles. The summed E-state index contributed by atoms with van der Waals surface area (Å²) in [6.45, 7) is 17.4. The first-order chi connectivity index (χ1) is 20.4. The van der Waals surface area contributed by atoms with E-state index in [1.54, 1.807) is 12.3 Å². The van der Waals surface area contributed by atoms with Crippen LogP contribution < -0.4 is 16.1 Å². The molecule has 2 aliphatic rings. The van der Waals surface area contributed by atoms with Gasteiger partial charge in [0, 0.05) is 48.1 Å². The minimum absolute atomic E-state index is 0.0458. The molecule has 0 amide bonds. The summed E-state index contributed by atoms with van der Waals surface area (Å²) in [5.74, 6) is 0.320. The number of nitrogens with zero attached hydrogens (tertiary/aromatic N) is 3. The third kappa shape index (κ3) is 8.11. The maximum atomic E-state index is 14.7. The van der Waals surface area contributed by atoms with Crippen LogP contribution in [0.1, 0.15) is 57.7 Å². The largest absolute Gasteiger partial charge is 0.494 e. The summed E-state index contributed by atoms with van der Waals surface area (Å²) >= 11 is 0. The average molecular weight is 634 g/mol. The van der Waals surface area contributed by atoms with Crippen LogP contribution >= 0.6 is 0 Å². The Morgan fingerprint density at radius 2 is 1.86 bits per heavy atom. The van der Waals surface area contributed by atoms with Gasteiger partial charge in [-0.3, -0.25) is 0 Å². The first-order valence-electron chi connectivity index (χ1n) is 14.9. The second-order valence-electron chi connectivity index (χ2n) is 14.0. The zero-order chi connectivity index (χ0) is 32.5. The average Bonchev–Trinajstić information content (AvgIpc) is 2.93. The normalized spacial score (nSPS) is 21.1. The Morgan fingerprint density at radius 3 is 2.48 bits per heavy atom. The Hall–Kier alpha value is -2.70. The minimum atomic E-state index is -4.70. The lowest BCUT2D eigenvalue weighted by Gasteiger charge is -2.37. The lowest BCUT2D eigenvalue weighted by atomic mass is 9.70. The highest BCUT2D eigenvalue weighted by atomic mass is 28.4. The lowest BCUT2D eigenvalue weighted by Crippen LogP contribution is -2.51. The van der Waals surface area contributed by atoms with E-state index in [0.717, 1.165) is 11.6 Å². The van der Waals surface area contributed by atoms with E-state index in [9.17, 15) is 18.4 Å². The molecule has 4 rings (SSSR count). The molecule has 2 fully saturated rings. The van der Waals surface area contributed by atoms with Gasteiger partial charge in [-0.1, -0.05) is 34.6 Å². The van der Waals surface area contributed by atoms with Gasteiger partial charge in [-0.2, -0.15) is 23.4 Å². The Kier molecular flexibility index (Phi) is 10.1. The molecule has 1 aromatic heterocycles. The minimum Gasteiger partial charge on any atom is -0.413 e. The molecule has 2 N–H and O–H groups in total. The Bertz CT molecular complexity index is 1370. The number of nitrogens with one attached hydrogen (secondary N) is 2. The van der Waals surface area contributed by atoms with Crippen LogP contribution in [0.5, 0.6) is 0 Å². The molecule has 2 aliphatic heterocycles. The van der Waals surface area contributed by atoms with Crippen molar-refractivity contribution in [1.82, 2.24) is 9.97 Å². The van der Waals surface area contributed by atoms with Crippen molar-refractivity contribution in [3.63, 3.8) is 0 Å². The van der Waals surface area contributed by atoms with Gasteiger partial charge in [0.25, 0.3) is 0 Å². The van der Waals surface area contributed by atoms with Gasteiger partial charge in [-0.25, -0.2) is 4.98 Å². The number of rotatable bonds is 8. The van der Waals surface area contributed by atoms with E-state index in [-0.39, 0.29) is 59.3 Å². The number of halogens is 3. The first-order valence-corrected chi connectivity index (χ1v) is 17.8. The highest BCUT2D eigenvalue weighted by Gasteiger charge is 2.44. The maximum absolute atomic E-state index is 14.7. The number of nitriles is 1. The van der Waals surface area contributed by atoms with Gasteiger partial charge in [0.1, 0.15) is 5.82 Å². The molecule has 240 valence electrons. The predicted molar refractivity (Wildman–Crippen MR) is 167 cm³/mol. The van der Waals surface area contributed by atoms with E-state index in [0.29, 0.717) is 31.0 Å². The summed E-state index contributed by atoms with van der Waals surface area (Å²) in [5, 5.41) is 15.6. The first kappa shape index (κ1) is 34.2. The second-order valence-corrected chi connectivity index (χ2v) is 18.8. The smallest absolute Gasteiger partial charge is 0.413 e. The third-order valence-electron chi connectivity index (χ3n) is 8.52. The number of aromatic nitrogens is 2. The van der Waals surface area contributed by atoms with Crippen LogP contribution in [-0.2, 0) is 31.3 Å². The highest BCUT2D eigenvalue weighted by molar-refractivity contribution is 6.74. The SMILES string of the molecule is Cc1cnc(Nc2cc(CO[Si](C)(C)C(C)(C)C)c(B3OCC(C)(C)CO3)c(C(F)(F)F)c2)nc1N[C@@H]1COCC[C@H]1C#N. The van der Waals surface area contributed by atoms with Crippen molar-refractivity contribution in [3.8, 4) is 6.07 Å². The Labute approximate surface area is 259 Å². The monoisotopic (exact) mass is 633 g/mol. The van der Waals surface area contributed by atoms with E-state index < -0.39 is 27.2 Å². The van der Waals surface area contributed by atoms with Crippen molar-refractivity contribution in [2.24, 2.45) is 11.3 Å². The quantitative estimate of drug-likeness (QED) is 0.330. The van der Waals surface area contributed by atoms with Gasteiger partial charge in [-0.05, 0) is 49.2 Å². The van der Waals surface area contributed by atoms with Crippen molar-refractivity contribution in [1.29, 1.82) is 5.26 Å². The molecular weight excluding hydrogens is 590 g/mol. The van der Waals surface area contributed by atoms with Crippen LogP contribution in [-0.4, -0.2) is 57.9 Å². The van der Waals surface area contributed by atoms with E-state index in [1.807, 2.05) is 20.8 Å². The Balaban J connectivity index is 1.72. The molecule has 0 unspecified atom stereocenters. The van der Waals surface area contributed by atoms with E-state index in [4.69, 9.17) is 18.5 Å². The highest BCUT2D eigenvalue weighted by Crippen LogP contribution is 2.38. The van der Waals surface area contributed by atoms with Crippen LogP contribution in [0.2, 0.25) is 18.1 Å². The molecule has 2 atom stereocenters. The maximum Gasteiger partial charge on any atom is 0.494 e. The predicted octanol–water partition coefficient (Wildman–Crippen LogP) is 6.18. The van der Waals surface area contributed by atoms with Crippen molar-refractivity contribution >= 4 is 38.4 Å². The van der Waals surface area contributed by atoms with Crippen molar-refractivity contribution < 1.29 is 31.6 Å². The topological polar surface area (TPSA) is 111 Å². The zero-order valence-electron chi connectivity index (χ0n) is 26.8. The molecule has 0 radical (unpaired) electrons. The molecule has 0 saturated carbocycles. The van der Waals surface area contributed by atoms with Crippen LogP contribution in [0.25, 0.3) is 0 Å². The van der Waals surface area contributed by atoms with E-state index >= 15 is 0 Å². The van der Waals surface area contributed by atoms with E-state index in [2.05, 4.69) is 60.5 Å². The third-order valence-corrected chi connectivity index (χ3v) is 13.0. The van der Waals surface area contributed by atoms with Crippen LogP contribution in [0.3, 0.4) is 0 Å². The van der Waals surface area contributed by atoms with Gasteiger partial charge in [0.15, 0.2) is 8.32 Å². The molecule has 9 nitrogen and oxygen atoms in total. The van der Waals surface area contributed by atoms with E-state index in [1.165, 1.54) is 0 Å². The molecule has 3 heterocycles. The van der Waals surface area contributed by atoms with Gasteiger partial charge < -0.3 is 29.1 Å². The van der Waals surface area contributed by atoms with Crippen LogP contribution in [0.15, 0.2) is 18.3 Å². The van der Waals surface area contributed by atoms with Crippen LogP contribution in [0, 0.1) is 29.6 Å². The molecule has 0 bridgehead atoms. The summed E-state index contributed by atoms with van der Waals surface area (Å²) in [4.78, 5) is 8.86. The molecule has 14 heteroatoms. The number of hydrogen-bond acceptors (Lipinski definition) is 9. The molecule has 0 aliphatic carbocycles. The molecule has 44 heavy (non-hydrogen) atoms. The fraction of sp³-hybridized carbons (Fsp3) is 0.633. The summed E-state index contributed by atoms with van der Waals surface area (Å²) in [6.07, 6.45) is -2.52. The van der Waals surface area contributed by atoms with Gasteiger partial charge in [-0.15, -0.1) is 0 Å². The summed E-state index contributed by atoms with van der Waals surface area (Å²) in [7, 11) is -3.52. The number of hydrogen-bond donors (Lipinski definition) is 2. The van der Waals surface area contributed by atoms with Gasteiger partial charge in [0.05, 0.1) is 36.8 Å². The second kappa shape index (κ2) is 13.0. The number of ether oxygens (including phenoxy) is 1. The molecular formula is C30H43BF3N5O4Si. The van der Waals surface area contributed by atoms with Gasteiger partial charge >= 0.3 is 13.3 Å². The number of benzene rings is 1. The fourth-order valence-electron chi connectivity index (χ4n) is 4.74. The zero-order valence-corrected chi connectivity index (χ0v) is 27.8. The Morgan fingerprint density at radius 1 is 1.18 bits per heavy atom. The summed E-state index contributed by atoms with van der Waals surface area (Å²) < 4.78 is 67.9. The van der Waals surface area contributed by atoms with Crippen LogP contribution in [0.4, 0.5) is 30.6 Å². The number of aryl methyl sites for hydroxylation is 1. The molecule has 2 aromatic rings. The van der Waals surface area contributed by atoms with Crippen molar-refractivity contribution in [3.05, 3.63) is 35.0 Å². The number of alkyl halides is 3. The fourth-order valence-corrected chi connectivity index (χ4v) is 5.69. The molecule has 0 spiro atoms. The summed E-state index contributed by atoms with van der Waals surface area (Å²) in [6, 6.07) is 4.70. The van der Waals surface area contributed by atoms with Gasteiger partial charge in [0.2, 0.25) is 5.95 Å². The lowest BCUT2D eigenvalue weighted by molar-refractivity contribution is -0.137. The van der Waals surface area contributed by atoms with Crippen molar-refractivity contribution in [2.75, 3.05) is 37.1 Å². The number of anilines is 3. The standard InChI is InChI=1S/C30H43BF3N5O4Si/c1-19-14-36-27(39-26(19)38-24-16-40-10-9-20(24)13-35)37-22-11-21(15-43-44(7,8)28(2,3)4)25(23(12-22)30(32,33)34)31-41-17-29(5,6)18-42-31/h11-12,14,20,24H,9-10,15-18H2,1-8H3,(H2,36,37,38,39)/t20-,24+/m0/s1. The molecule has 1 aromatic carbocycles. The summed E-state index contributed by atoms with van der Waals surface area (Å²) in [5.41, 5.74) is -0.0795.